The van der Waals surface area contributed by atoms with Gasteiger partial charge in [0, 0.05) is 13.1 Å². The van der Waals surface area contributed by atoms with Crippen molar-refractivity contribution in [3.63, 3.8) is 0 Å². The Labute approximate surface area is 139 Å². The molecule has 0 amide bonds. The Morgan fingerprint density at radius 2 is 1.74 bits per heavy atom. The number of halogens is 1. The molecular formula is C17H17FN2O2S. The fourth-order valence-corrected chi connectivity index (χ4v) is 2.44. The summed E-state index contributed by atoms with van der Waals surface area (Å²) < 4.78 is 23.4. The van der Waals surface area contributed by atoms with Crippen LogP contribution in [0.1, 0.15) is 11.1 Å². The van der Waals surface area contributed by atoms with E-state index in [4.69, 9.17) is 21.7 Å². The molecule has 2 aromatic carbocycles. The van der Waals surface area contributed by atoms with E-state index in [-0.39, 0.29) is 12.6 Å². The van der Waals surface area contributed by atoms with Gasteiger partial charge in [0.05, 0.1) is 0 Å². The molecule has 1 heterocycles. The van der Waals surface area contributed by atoms with Crippen LogP contribution in [0.4, 0.5) is 4.39 Å². The molecular weight excluding hydrogens is 315 g/mol. The third-order valence-electron chi connectivity index (χ3n) is 3.50. The Morgan fingerprint density at radius 1 is 1.00 bits per heavy atom. The summed E-state index contributed by atoms with van der Waals surface area (Å²) in [5.41, 5.74) is 2.13. The van der Waals surface area contributed by atoms with Gasteiger partial charge in [0.1, 0.15) is 5.82 Å². The van der Waals surface area contributed by atoms with Crippen molar-refractivity contribution in [2.45, 2.75) is 13.0 Å². The number of ether oxygens (including phenoxy) is 2. The minimum absolute atomic E-state index is 0.220. The third kappa shape index (κ3) is 4.32. The molecule has 0 radical (unpaired) electrons. The summed E-state index contributed by atoms with van der Waals surface area (Å²) in [5.74, 6) is 1.32. The molecule has 3 rings (SSSR count). The lowest BCUT2D eigenvalue weighted by Gasteiger charge is -2.11. The van der Waals surface area contributed by atoms with Gasteiger partial charge in [0.2, 0.25) is 6.79 Å². The molecule has 0 fully saturated rings. The van der Waals surface area contributed by atoms with Gasteiger partial charge in [-0.15, -0.1) is 0 Å². The zero-order valence-electron chi connectivity index (χ0n) is 12.5. The molecule has 120 valence electrons. The van der Waals surface area contributed by atoms with Crippen LogP contribution in [0.25, 0.3) is 0 Å². The zero-order valence-corrected chi connectivity index (χ0v) is 13.3. The van der Waals surface area contributed by atoms with Crippen molar-refractivity contribution in [1.82, 2.24) is 10.6 Å². The second-order valence-electron chi connectivity index (χ2n) is 5.17. The topological polar surface area (TPSA) is 42.5 Å². The summed E-state index contributed by atoms with van der Waals surface area (Å²) in [6.07, 6.45) is 0.784. The fraction of sp³-hybridized carbons (Fsp3) is 0.235. The van der Waals surface area contributed by atoms with Gasteiger partial charge in [-0.2, -0.15) is 0 Å². The highest BCUT2D eigenvalue weighted by Crippen LogP contribution is 2.32. The molecule has 0 bridgehead atoms. The number of nitrogens with one attached hydrogen (secondary N) is 2. The quantitative estimate of drug-likeness (QED) is 0.824. The van der Waals surface area contributed by atoms with Gasteiger partial charge < -0.3 is 20.1 Å². The Kier molecular flexibility index (Phi) is 4.92. The number of rotatable bonds is 5. The minimum atomic E-state index is -0.220. The van der Waals surface area contributed by atoms with E-state index in [0.29, 0.717) is 18.2 Å². The Morgan fingerprint density at radius 3 is 2.57 bits per heavy atom. The van der Waals surface area contributed by atoms with Crippen molar-refractivity contribution in [1.29, 1.82) is 0 Å². The van der Waals surface area contributed by atoms with Crippen molar-refractivity contribution >= 4 is 17.3 Å². The smallest absolute Gasteiger partial charge is 0.231 e. The van der Waals surface area contributed by atoms with Gasteiger partial charge in [-0.25, -0.2) is 4.39 Å². The first kappa shape index (κ1) is 15.6. The van der Waals surface area contributed by atoms with E-state index >= 15 is 0 Å². The lowest BCUT2D eigenvalue weighted by Crippen LogP contribution is -2.35. The number of hydrogen-bond donors (Lipinski definition) is 2. The lowest BCUT2D eigenvalue weighted by atomic mass is 10.1. The number of fused-ring (bicyclic) bond motifs is 1. The second-order valence-corrected chi connectivity index (χ2v) is 5.58. The van der Waals surface area contributed by atoms with Crippen molar-refractivity contribution < 1.29 is 13.9 Å². The normalized spacial score (nSPS) is 12.0. The molecule has 0 unspecified atom stereocenters. The molecule has 0 aliphatic carbocycles. The molecule has 1 aliphatic heterocycles. The average Bonchev–Trinajstić information content (AvgIpc) is 3.02. The first-order chi connectivity index (χ1) is 11.2. The highest BCUT2D eigenvalue weighted by atomic mass is 32.1. The maximum absolute atomic E-state index is 12.8. The van der Waals surface area contributed by atoms with Crippen molar-refractivity contribution in [2.75, 3.05) is 13.3 Å². The first-order valence-electron chi connectivity index (χ1n) is 7.35. The van der Waals surface area contributed by atoms with Crippen LogP contribution in [-0.2, 0) is 13.0 Å². The van der Waals surface area contributed by atoms with E-state index in [9.17, 15) is 4.39 Å². The monoisotopic (exact) mass is 332 g/mol. The molecule has 1 aliphatic rings. The molecule has 0 spiro atoms. The average molecular weight is 332 g/mol. The van der Waals surface area contributed by atoms with E-state index < -0.39 is 0 Å². The second kappa shape index (κ2) is 7.28. The number of hydrogen-bond acceptors (Lipinski definition) is 3. The molecule has 23 heavy (non-hydrogen) atoms. The third-order valence-corrected chi connectivity index (χ3v) is 3.79. The molecule has 6 heteroatoms. The molecule has 0 saturated carbocycles. The van der Waals surface area contributed by atoms with E-state index in [0.717, 1.165) is 29.0 Å². The maximum Gasteiger partial charge on any atom is 0.231 e. The van der Waals surface area contributed by atoms with Crippen LogP contribution in [0.2, 0.25) is 0 Å². The summed E-state index contributed by atoms with van der Waals surface area (Å²) in [4.78, 5) is 0. The summed E-state index contributed by atoms with van der Waals surface area (Å²) in [6.45, 7) is 1.58. The van der Waals surface area contributed by atoms with Crippen LogP contribution in [-0.4, -0.2) is 18.5 Å². The van der Waals surface area contributed by atoms with Gasteiger partial charge in [0.25, 0.3) is 0 Å². The van der Waals surface area contributed by atoms with E-state index in [2.05, 4.69) is 10.6 Å². The van der Waals surface area contributed by atoms with E-state index in [1.165, 1.54) is 12.1 Å². The van der Waals surface area contributed by atoms with Gasteiger partial charge in [0.15, 0.2) is 16.6 Å². The predicted octanol–water partition coefficient (Wildman–Crippen LogP) is 2.76. The van der Waals surface area contributed by atoms with Crippen molar-refractivity contribution in [2.24, 2.45) is 0 Å². The van der Waals surface area contributed by atoms with Crippen LogP contribution < -0.4 is 20.1 Å². The largest absolute Gasteiger partial charge is 0.454 e. The standard InChI is InChI=1S/C17H17FN2O2S/c18-14-4-1-12(2-5-14)7-8-19-17(23)20-10-13-3-6-15-16(9-13)22-11-21-15/h1-6,9H,7-8,10-11H2,(H2,19,20,23). The van der Waals surface area contributed by atoms with Crippen LogP contribution in [0.5, 0.6) is 11.5 Å². The van der Waals surface area contributed by atoms with Crippen LogP contribution in [0.3, 0.4) is 0 Å². The van der Waals surface area contributed by atoms with Crippen LogP contribution >= 0.6 is 12.2 Å². The van der Waals surface area contributed by atoms with Gasteiger partial charge in [-0.1, -0.05) is 18.2 Å². The van der Waals surface area contributed by atoms with Crippen LogP contribution in [0, 0.1) is 5.82 Å². The maximum atomic E-state index is 12.8. The van der Waals surface area contributed by atoms with Crippen molar-refractivity contribution in [3.05, 3.63) is 59.4 Å². The van der Waals surface area contributed by atoms with Gasteiger partial charge in [-0.05, 0) is 54.0 Å². The molecule has 0 saturated heterocycles. The Bertz CT molecular complexity index is 691. The van der Waals surface area contributed by atoms with Crippen LogP contribution in [0.15, 0.2) is 42.5 Å². The van der Waals surface area contributed by atoms with Gasteiger partial charge >= 0.3 is 0 Å². The van der Waals surface area contributed by atoms with Crippen molar-refractivity contribution in [3.8, 4) is 11.5 Å². The van der Waals surface area contributed by atoms with Gasteiger partial charge in [-0.3, -0.25) is 0 Å². The fourth-order valence-electron chi connectivity index (χ4n) is 2.27. The highest BCUT2D eigenvalue weighted by Gasteiger charge is 2.12. The minimum Gasteiger partial charge on any atom is -0.454 e. The zero-order chi connectivity index (χ0) is 16.1. The molecule has 2 N–H and O–H groups in total. The predicted molar refractivity (Wildman–Crippen MR) is 90.1 cm³/mol. The summed E-state index contributed by atoms with van der Waals surface area (Å²) in [5, 5.41) is 6.88. The number of thiocarbonyl (C=S) groups is 1. The molecule has 0 atom stereocenters. The Hall–Kier alpha value is -2.34. The Balaban J connectivity index is 1.40. The summed E-state index contributed by atoms with van der Waals surface area (Å²) in [6, 6.07) is 12.3. The SMILES string of the molecule is Fc1ccc(CCNC(=S)NCc2ccc3c(c2)OCO3)cc1. The molecule has 2 aromatic rings. The lowest BCUT2D eigenvalue weighted by molar-refractivity contribution is 0.174. The molecule has 0 aromatic heterocycles. The van der Waals surface area contributed by atoms with E-state index in [1.807, 2.05) is 18.2 Å². The highest BCUT2D eigenvalue weighted by molar-refractivity contribution is 7.80. The van der Waals surface area contributed by atoms with E-state index in [1.54, 1.807) is 12.1 Å². The summed E-state index contributed by atoms with van der Waals surface area (Å²) >= 11 is 5.25. The first-order valence-corrected chi connectivity index (χ1v) is 7.76. The molecule has 4 nitrogen and oxygen atoms in total. The summed E-state index contributed by atoms with van der Waals surface area (Å²) in [7, 11) is 0. The number of benzene rings is 2.